The maximum absolute atomic E-state index is 11.2. The summed E-state index contributed by atoms with van der Waals surface area (Å²) in [6.45, 7) is 4.01. The highest BCUT2D eigenvalue weighted by molar-refractivity contribution is 5.52. The van der Waals surface area contributed by atoms with Crippen LogP contribution in [-0.4, -0.2) is 10.1 Å². The third-order valence-corrected chi connectivity index (χ3v) is 3.47. The van der Waals surface area contributed by atoms with E-state index in [-0.39, 0.29) is 0 Å². The van der Waals surface area contributed by atoms with Gasteiger partial charge in [-0.25, -0.2) is 4.98 Å². The van der Waals surface area contributed by atoms with E-state index in [9.17, 15) is 5.11 Å². The van der Waals surface area contributed by atoms with Crippen LogP contribution >= 0.6 is 0 Å². The summed E-state index contributed by atoms with van der Waals surface area (Å²) >= 11 is 0. The minimum absolute atomic E-state index is 0.403. The summed E-state index contributed by atoms with van der Waals surface area (Å²) in [6, 6.07) is 11.5. The molecular formula is C16H20N2O. The van der Waals surface area contributed by atoms with Gasteiger partial charge in [0, 0.05) is 11.8 Å². The van der Waals surface area contributed by atoms with Crippen molar-refractivity contribution in [3.8, 4) is 0 Å². The van der Waals surface area contributed by atoms with Crippen LogP contribution in [0.25, 0.3) is 0 Å². The van der Waals surface area contributed by atoms with Crippen molar-refractivity contribution in [2.45, 2.75) is 32.3 Å². The number of nitrogens with two attached hydrogens (primary N) is 1. The molecule has 19 heavy (non-hydrogen) atoms. The Kier molecular flexibility index (Phi) is 3.86. The highest BCUT2D eigenvalue weighted by atomic mass is 16.3. The van der Waals surface area contributed by atoms with Gasteiger partial charge in [-0.1, -0.05) is 43.7 Å². The lowest BCUT2D eigenvalue weighted by Gasteiger charge is -2.31. The van der Waals surface area contributed by atoms with Crippen LogP contribution in [0.3, 0.4) is 0 Å². The first-order valence-corrected chi connectivity index (χ1v) is 6.59. The van der Waals surface area contributed by atoms with E-state index in [2.05, 4.69) is 11.9 Å². The number of nitrogen functional groups attached to an aromatic ring is 1. The van der Waals surface area contributed by atoms with Crippen LogP contribution in [-0.2, 0) is 5.60 Å². The third kappa shape index (κ3) is 2.47. The van der Waals surface area contributed by atoms with E-state index in [0.717, 1.165) is 23.1 Å². The Morgan fingerprint density at radius 3 is 2.47 bits per heavy atom. The normalized spacial score (nSPS) is 14.1. The SMILES string of the molecule is CCCC(O)(c1ccccc1)c1c(C)ccnc1N. The monoisotopic (exact) mass is 256 g/mol. The highest BCUT2D eigenvalue weighted by Crippen LogP contribution is 2.38. The van der Waals surface area contributed by atoms with Gasteiger partial charge in [-0.05, 0) is 30.5 Å². The molecule has 1 aromatic carbocycles. The Morgan fingerprint density at radius 1 is 1.21 bits per heavy atom. The molecule has 3 N–H and O–H groups in total. The molecule has 0 spiro atoms. The quantitative estimate of drug-likeness (QED) is 0.884. The first-order chi connectivity index (χ1) is 9.09. The summed E-state index contributed by atoms with van der Waals surface area (Å²) in [4.78, 5) is 4.13. The molecule has 0 fully saturated rings. The number of hydrogen-bond donors (Lipinski definition) is 2. The summed E-state index contributed by atoms with van der Waals surface area (Å²) in [5.41, 5.74) is 7.48. The number of aromatic nitrogens is 1. The first-order valence-electron chi connectivity index (χ1n) is 6.59. The molecule has 1 aromatic heterocycles. The average Bonchev–Trinajstić information content (AvgIpc) is 2.40. The van der Waals surface area contributed by atoms with Crippen molar-refractivity contribution >= 4 is 5.82 Å². The standard InChI is InChI=1S/C16H20N2O/c1-3-10-16(19,13-7-5-4-6-8-13)14-12(2)9-11-18-15(14)17/h4-9,11,19H,3,10H2,1-2H3,(H2,17,18). The second-order valence-corrected chi connectivity index (χ2v) is 4.86. The predicted octanol–water partition coefficient (Wildman–Crippen LogP) is 3.01. The summed E-state index contributed by atoms with van der Waals surface area (Å²) in [6.07, 6.45) is 3.15. The van der Waals surface area contributed by atoms with Crippen LogP contribution in [0.4, 0.5) is 5.82 Å². The zero-order valence-corrected chi connectivity index (χ0v) is 11.4. The third-order valence-electron chi connectivity index (χ3n) is 3.47. The Morgan fingerprint density at radius 2 is 1.89 bits per heavy atom. The fraction of sp³-hybridized carbons (Fsp3) is 0.312. The van der Waals surface area contributed by atoms with Crippen LogP contribution < -0.4 is 5.73 Å². The largest absolute Gasteiger partial charge is 0.383 e. The molecule has 0 bridgehead atoms. The number of anilines is 1. The fourth-order valence-electron chi connectivity index (χ4n) is 2.61. The fourth-order valence-corrected chi connectivity index (χ4v) is 2.61. The van der Waals surface area contributed by atoms with E-state index in [1.807, 2.05) is 43.3 Å². The minimum Gasteiger partial charge on any atom is -0.383 e. The lowest BCUT2D eigenvalue weighted by Crippen LogP contribution is -2.29. The summed E-state index contributed by atoms with van der Waals surface area (Å²) in [5, 5.41) is 11.2. The molecule has 0 saturated carbocycles. The van der Waals surface area contributed by atoms with E-state index >= 15 is 0 Å². The molecule has 0 radical (unpaired) electrons. The topological polar surface area (TPSA) is 59.1 Å². The number of aliphatic hydroxyl groups is 1. The molecule has 0 saturated heterocycles. The van der Waals surface area contributed by atoms with E-state index in [1.54, 1.807) is 6.20 Å². The Hall–Kier alpha value is -1.87. The minimum atomic E-state index is -1.07. The molecule has 0 amide bonds. The van der Waals surface area contributed by atoms with Gasteiger partial charge in [-0.15, -0.1) is 0 Å². The van der Waals surface area contributed by atoms with Crippen LogP contribution in [0.2, 0.25) is 0 Å². The van der Waals surface area contributed by atoms with Crippen molar-refractivity contribution < 1.29 is 5.11 Å². The number of benzene rings is 1. The van der Waals surface area contributed by atoms with Gasteiger partial charge in [0.1, 0.15) is 11.4 Å². The molecule has 0 aliphatic heterocycles. The lowest BCUT2D eigenvalue weighted by molar-refractivity contribution is 0.0700. The molecule has 2 rings (SSSR count). The number of nitrogens with zero attached hydrogens (tertiary/aromatic N) is 1. The summed E-state index contributed by atoms with van der Waals surface area (Å²) in [5.74, 6) is 0.403. The Labute approximate surface area is 114 Å². The molecule has 1 atom stereocenters. The van der Waals surface area contributed by atoms with Crippen molar-refractivity contribution in [1.29, 1.82) is 0 Å². The van der Waals surface area contributed by atoms with Crippen molar-refractivity contribution in [1.82, 2.24) is 4.98 Å². The second-order valence-electron chi connectivity index (χ2n) is 4.86. The Bertz CT molecular complexity index is 534. The van der Waals surface area contributed by atoms with Gasteiger partial charge in [-0.3, -0.25) is 0 Å². The lowest BCUT2D eigenvalue weighted by atomic mass is 9.81. The Balaban J connectivity index is 2.63. The van der Waals surface area contributed by atoms with E-state index in [4.69, 9.17) is 5.73 Å². The summed E-state index contributed by atoms with van der Waals surface area (Å²) in [7, 11) is 0. The molecular weight excluding hydrogens is 236 g/mol. The van der Waals surface area contributed by atoms with Crippen molar-refractivity contribution in [3.63, 3.8) is 0 Å². The molecule has 0 aliphatic carbocycles. The van der Waals surface area contributed by atoms with Gasteiger partial charge >= 0.3 is 0 Å². The van der Waals surface area contributed by atoms with Gasteiger partial charge in [0.2, 0.25) is 0 Å². The maximum atomic E-state index is 11.2. The predicted molar refractivity (Wildman–Crippen MR) is 77.7 cm³/mol. The smallest absolute Gasteiger partial charge is 0.130 e. The van der Waals surface area contributed by atoms with Gasteiger partial charge in [0.05, 0.1) is 0 Å². The van der Waals surface area contributed by atoms with Gasteiger partial charge < -0.3 is 10.8 Å². The summed E-state index contributed by atoms with van der Waals surface area (Å²) < 4.78 is 0. The highest BCUT2D eigenvalue weighted by Gasteiger charge is 2.34. The van der Waals surface area contributed by atoms with E-state index in [1.165, 1.54) is 0 Å². The van der Waals surface area contributed by atoms with Crippen molar-refractivity contribution in [3.05, 3.63) is 59.3 Å². The van der Waals surface area contributed by atoms with Crippen LogP contribution in [0.1, 0.15) is 36.5 Å². The van der Waals surface area contributed by atoms with E-state index < -0.39 is 5.60 Å². The zero-order chi connectivity index (χ0) is 13.9. The average molecular weight is 256 g/mol. The number of aryl methyl sites for hydroxylation is 1. The molecule has 2 aromatic rings. The zero-order valence-electron chi connectivity index (χ0n) is 11.4. The molecule has 3 nitrogen and oxygen atoms in total. The number of rotatable bonds is 4. The van der Waals surface area contributed by atoms with Gasteiger partial charge in [0.25, 0.3) is 0 Å². The molecule has 1 heterocycles. The van der Waals surface area contributed by atoms with Gasteiger partial charge in [-0.2, -0.15) is 0 Å². The maximum Gasteiger partial charge on any atom is 0.130 e. The van der Waals surface area contributed by atoms with Crippen LogP contribution in [0.5, 0.6) is 0 Å². The van der Waals surface area contributed by atoms with Gasteiger partial charge in [0.15, 0.2) is 0 Å². The molecule has 0 aliphatic rings. The first kappa shape index (κ1) is 13.6. The molecule has 1 unspecified atom stereocenters. The van der Waals surface area contributed by atoms with Crippen molar-refractivity contribution in [2.24, 2.45) is 0 Å². The molecule has 100 valence electrons. The van der Waals surface area contributed by atoms with E-state index in [0.29, 0.717) is 12.2 Å². The van der Waals surface area contributed by atoms with Crippen molar-refractivity contribution in [2.75, 3.05) is 5.73 Å². The second kappa shape index (κ2) is 5.41. The number of hydrogen-bond acceptors (Lipinski definition) is 3. The molecule has 3 heteroatoms. The van der Waals surface area contributed by atoms with Crippen LogP contribution in [0.15, 0.2) is 42.6 Å². The van der Waals surface area contributed by atoms with Crippen LogP contribution in [0, 0.1) is 6.92 Å². The number of pyridine rings is 1.